The lowest BCUT2D eigenvalue weighted by Gasteiger charge is -2.43. The summed E-state index contributed by atoms with van der Waals surface area (Å²) in [7, 11) is 0. The molecule has 2 fully saturated rings. The topological polar surface area (TPSA) is 29.5 Å². The van der Waals surface area contributed by atoms with Crippen LogP contribution in [0.1, 0.15) is 58.8 Å². The Balaban J connectivity index is 1.94. The number of hydrogen-bond donors (Lipinski definition) is 0. The molecule has 1 aliphatic carbocycles. The van der Waals surface area contributed by atoms with Crippen LogP contribution in [0.3, 0.4) is 0 Å². The first kappa shape index (κ1) is 14.8. The van der Waals surface area contributed by atoms with Crippen LogP contribution in [0.2, 0.25) is 0 Å². The van der Waals surface area contributed by atoms with Crippen molar-refractivity contribution < 1.29 is 9.53 Å². The summed E-state index contributed by atoms with van der Waals surface area (Å²) < 4.78 is 5.20. The van der Waals surface area contributed by atoms with Gasteiger partial charge in [0.15, 0.2) is 0 Å². The minimum atomic E-state index is 0.0241. The van der Waals surface area contributed by atoms with Gasteiger partial charge in [-0.2, -0.15) is 0 Å². The number of ether oxygens (including phenoxy) is 1. The average Bonchev–Trinajstić information content (AvgIpc) is 2.47. The third-order valence-corrected chi connectivity index (χ3v) is 4.94. The minimum Gasteiger partial charge on any atom is -0.466 e. The lowest BCUT2D eigenvalue weighted by molar-refractivity contribution is -0.150. The highest BCUT2D eigenvalue weighted by Crippen LogP contribution is 2.33. The van der Waals surface area contributed by atoms with Crippen LogP contribution in [-0.4, -0.2) is 36.6 Å². The van der Waals surface area contributed by atoms with E-state index in [1.54, 1.807) is 0 Å². The van der Waals surface area contributed by atoms with Crippen molar-refractivity contribution in [3.05, 3.63) is 0 Å². The van der Waals surface area contributed by atoms with Crippen LogP contribution in [0.25, 0.3) is 0 Å². The Bertz CT molecular complexity index is 292. The molecule has 19 heavy (non-hydrogen) atoms. The second-order valence-electron chi connectivity index (χ2n) is 6.11. The van der Waals surface area contributed by atoms with Gasteiger partial charge in [-0.15, -0.1) is 0 Å². The molecule has 3 unspecified atom stereocenters. The maximum Gasteiger partial charge on any atom is 0.310 e. The lowest BCUT2D eigenvalue weighted by atomic mass is 9.80. The van der Waals surface area contributed by atoms with Gasteiger partial charge in [0.1, 0.15) is 0 Å². The zero-order valence-corrected chi connectivity index (χ0v) is 12.6. The molecule has 0 radical (unpaired) electrons. The number of hydrogen-bond acceptors (Lipinski definition) is 3. The van der Waals surface area contributed by atoms with Gasteiger partial charge in [-0.25, -0.2) is 0 Å². The Labute approximate surface area is 117 Å². The molecule has 0 aromatic heterocycles. The Hall–Kier alpha value is -0.570. The summed E-state index contributed by atoms with van der Waals surface area (Å²) in [6.07, 6.45) is 8.90. The van der Waals surface area contributed by atoms with Crippen LogP contribution in [0.15, 0.2) is 0 Å². The van der Waals surface area contributed by atoms with Gasteiger partial charge in [0.05, 0.1) is 12.5 Å². The van der Waals surface area contributed by atoms with Crippen LogP contribution >= 0.6 is 0 Å². The van der Waals surface area contributed by atoms with Crippen LogP contribution in [0.4, 0.5) is 0 Å². The highest BCUT2D eigenvalue weighted by atomic mass is 16.5. The van der Waals surface area contributed by atoms with Crippen molar-refractivity contribution in [2.75, 3.05) is 19.7 Å². The quantitative estimate of drug-likeness (QED) is 0.732. The van der Waals surface area contributed by atoms with E-state index in [0.717, 1.165) is 31.3 Å². The van der Waals surface area contributed by atoms with E-state index in [2.05, 4.69) is 11.8 Å². The van der Waals surface area contributed by atoms with Crippen LogP contribution in [0.5, 0.6) is 0 Å². The third-order valence-electron chi connectivity index (χ3n) is 4.94. The first-order valence-electron chi connectivity index (χ1n) is 8.17. The Morgan fingerprint density at radius 2 is 1.95 bits per heavy atom. The van der Waals surface area contributed by atoms with Crippen molar-refractivity contribution in [3.8, 4) is 0 Å². The number of likely N-dealkylation sites (tertiary alicyclic amines) is 1. The molecule has 0 spiro atoms. The van der Waals surface area contributed by atoms with E-state index >= 15 is 0 Å². The summed E-state index contributed by atoms with van der Waals surface area (Å²) in [5, 5.41) is 0. The fourth-order valence-corrected chi connectivity index (χ4v) is 3.91. The number of esters is 1. The van der Waals surface area contributed by atoms with E-state index < -0.39 is 0 Å². The van der Waals surface area contributed by atoms with Gasteiger partial charge in [-0.05, 0) is 45.1 Å². The van der Waals surface area contributed by atoms with Gasteiger partial charge in [0.25, 0.3) is 0 Å². The monoisotopic (exact) mass is 267 g/mol. The fourth-order valence-electron chi connectivity index (χ4n) is 3.91. The smallest absolute Gasteiger partial charge is 0.310 e. The van der Waals surface area contributed by atoms with Gasteiger partial charge in [0.2, 0.25) is 0 Å². The first-order valence-corrected chi connectivity index (χ1v) is 8.17. The van der Waals surface area contributed by atoms with E-state index in [0.29, 0.717) is 6.61 Å². The highest BCUT2D eigenvalue weighted by molar-refractivity contribution is 5.72. The minimum absolute atomic E-state index is 0.0241. The Kier molecular flexibility index (Phi) is 5.68. The highest BCUT2D eigenvalue weighted by Gasteiger charge is 2.34. The Morgan fingerprint density at radius 1 is 1.16 bits per heavy atom. The summed E-state index contributed by atoms with van der Waals surface area (Å²) in [5.74, 6) is 0.985. The van der Waals surface area contributed by atoms with Crippen molar-refractivity contribution >= 4 is 5.97 Å². The lowest BCUT2D eigenvalue weighted by Crippen LogP contribution is -2.48. The van der Waals surface area contributed by atoms with E-state index in [1.807, 2.05) is 6.92 Å². The van der Waals surface area contributed by atoms with E-state index in [4.69, 9.17) is 4.74 Å². The van der Waals surface area contributed by atoms with E-state index in [-0.39, 0.29) is 11.9 Å². The molecule has 0 aromatic carbocycles. The van der Waals surface area contributed by atoms with Crippen molar-refractivity contribution in [1.29, 1.82) is 0 Å². The average molecular weight is 267 g/mol. The largest absolute Gasteiger partial charge is 0.466 e. The summed E-state index contributed by atoms with van der Waals surface area (Å²) in [4.78, 5) is 14.5. The standard InChI is InChI=1S/C16H29NO2/c1-3-13-8-5-6-10-15(13)17-11-7-9-14(12-17)16(18)19-4-2/h13-15H,3-12H2,1-2H3. The molecule has 110 valence electrons. The summed E-state index contributed by atoms with van der Waals surface area (Å²) in [6, 6.07) is 0.718. The van der Waals surface area contributed by atoms with E-state index in [9.17, 15) is 4.79 Å². The molecular weight excluding hydrogens is 238 g/mol. The van der Waals surface area contributed by atoms with Gasteiger partial charge < -0.3 is 4.74 Å². The summed E-state index contributed by atoms with van der Waals surface area (Å²) in [5.41, 5.74) is 0. The molecule has 2 rings (SSSR count). The molecule has 1 heterocycles. The molecular formula is C16H29NO2. The maximum absolute atomic E-state index is 11.9. The second kappa shape index (κ2) is 7.28. The van der Waals surface area contributed by atoms with E-state index in [1.165, 1.54) is 38.6 Å². The molecule has 2 aliphatic rings. The van der Waals surface area contributed by atoms with Crippen LogP contribution in [-0.2, 0) is 9.53 Å². The second-order valence-corrected chi connectivity index (χ2v) is 6.11. The van der Waals surface area contributed by atoms with Crippen LogP contribution < -0.4 is 0 Å². The predicted octanol–water partition coefficient (Wildman–Crippen LogP) is 3.23. The predicted molar refractivity (Wildman–Crippen MR) is 77.0 cm³/mol. The third kappa shape index (κ3) is 3.71. The maximum atomic E-state index is 11.9. The molecule has 3 heteroatoms. The number of nitrogens with zero attached hydrogens (tertiary/aromatic N) is 1. The number of carbonyl (C=O) groups excluding carboxylic acids is 1. The van der Waals surface area contributed by atoms with Gasteiger partial charge in [-0.3, -0.25) is 9.69 Å². The van der Waals surface area contributed by atoms with Crippen molar-refractivity contribution in [2.24, 2.45) is 11.8 Å². The van der Waals surface area contributed by atoms with Crippen molar-refractivity contribution in [1.82, 2.24) is 4.90 Å². The molecule has 0 N–H and O–H groups in total. The van der Waals surface area contributed by atoms with Crippen molar-refractivity contribution in [2.45, 2.75) is 64.8 Å². The Morgan fingerprint density at radius 3 is 2.68 bits per heavy atom. The molecule has 0 amide bonds. The van der Waals surface area contributed by atoms with Crippen LogP contribution in [0, 0.1) is 11.8 Å². The van der Waals surface area contributed by atoms with Gasteiger partial charge in [-0.1, -0.05) is 26.2 Å². The van der Waals surface area contributed by atoms with Crippen molar-refractivity contribution in [3.63, 3.8) is 0 Å². The fraction of sp³-hybridized carbons (Fsp3) is 0.938. The molecule has 1 aliphatic heterocycles. The molecule has 0 aromatic rings. The number of piperidine rings is 1. The summed E-state index contributed by atoms with van der Waals surface area (Å²) in [6.45, 7) is 6.83. The number of rotatable bonds is 4. The molecule has 3 atom stereocenters. The number of carbonyl (C=O) groups is 1. The zero-order valence-electron chi connectivity index (χ0n) is 12.6. The van der Waals surface area contributed by atoms with Gasteiger partial charge in [0, 0.05) is 12.6 Å². The molecule has 3 nitrogen and oxygen atoms in total. The molecule has 0 bridgehead atoms. The summed E-state index contributed by atoms with van der Waals surface area (Å²) >= 11 is 0. The SMILES string of the molecule is CCOC(=O)C1CCCN(C2CCCCC2CC)C1. The molecule has 1 saturated carbocycles. The van der Waals surface area contributed by atoms with Gasteiger partial charge >= 0.3 is 5.97 Å². The normalized spacial score (nSPS) is 33.1. The first-order chi connectivity index (χ1) is 9.26. The zero-order chi connectivity index (χ0) is 13.7. The molecule has 1 saturated heterocycles.